The van der Waals surface area contributed by atoms with Crippen LogP contribution in [0.1, 0.15) is 25.3 Å². The highest BCUT2D eigenvalue weighted by Gasteiger charge is 2.00. The van der Waals surface area contributed by atoms with Crippen molar-refractivity contribution in [1.29, 1.82) is 0 Å². The molecule has 0 aromatic heterocycles. The van der Waals surface area contributed by atoms with Crippen LogP contribution in [0.3, 0.4) is 0 Å². The van der Waals surface area contributed by atoms with E-state index in [9.17, 15) is 4.39 Å². The predicted octanol–water partition coefficient (Wildman–Crippen LogP) is 3.41. The minimum Gasteiger partial charge on any atom is -0.317 e. The molecule has 0 heterocycles. The quantitative estimate of drug-likeness (QED) is 0.738. The number of halogens is 2. The normalized spacial score (nSPS) is 10.6. The molecule has 15 heavy (non-hydrogen) atoms. The second-order valence-corrected chi connectivity index (χ2v) is 3.97. The fourth-order valence-corrected chi connectivity index (χ4v) is 1.57. The van der Waals surface area contributed by atoms with Gasteiger partial charge in [0.25, 0.3) is 0 Å². The summed E-state index contributed by atoms with van der Waals surface area (Å²) in [5, 5.41) is 3.46. The largest absolute Gasteiger partial charge is 0.317 e. The van der Waals surface area contributed by atoms with Gasteiger partial charge in [0.15, 0.2) is 0 Å². The van der Waals surface area contributed by atoms with Gasteiger partial charge < -0.3 is 5.32 Å². The molecule has 0 saturated heterocycles. The Kier molecular flexibility index (Phi) is 5.66. The summed E-state index contributed by atoms with van der Waals surface area (Å²) in [7, 11) is 0. The van der Waals surface area contributed by atoms with Gasteiger partial charge in [-0.2, -0.15) is 0 Å². The molecule has 0 aliphatic rings. The maximum atomic E-state index is 13.1. The predicted molar refractivity (Wildman–Crippen MR) is 62.9 cm³/mol. The Morgan fingerprint density at radius 3 is 2.80 bits per heavy atom. The van der Waals surface area contributed by atoms with Gasteiger partial charge in [0.05, 0.1) is 5.02 Å². The summed E-state index contributed by atoms with van der Waals surface area (Å²) in [6, 6.07) is 5.03. The average molecular weight is 230 g/mol. The summed E-state index contributed by atoms with van der Waals surface area (Å²) >= 11 is 5.60. The lowest BCUT2D eigenvalue weighted by Crippen LogP contribution is -2.13. The van der Waals surface area contributed by atoms with E-state index in [1.54, 1.807) is 6.07 Å². The first-order chi connectivity index (χ1) is 7.24. The molecule has 0 aliphatic carbocycles. The number of nitrogens with one attached hydrogen (secondary N) is 1. The van der Waals surface area contributed by atoms with Crippen LogP contribution in [0.15, 0.2) is 18.2 Å². The summed E-state index contributed by atoms with van der Waals surface area (Å²) in [5.41, 5.74) is 1.02. The van der Waals surface area contributed by atoms with Crippen molar-refractivity contribution in [3.05, 3.63) is 34.6 Å². The Morgan fingerprint density at radius 1 is 1.33 bits per heavy atom. The molecule has 1 aromatic carbocycles. The number of benzene rings is 1. The molecule has 1 rings (SSSR count). The molecule has 84 valence electrons. The minimum absolute atomic E-state index is 0.200. The summed E-state index contributed by atoms with van der Waals surface area (Å²) in [6.45, 7) is 4.14. The molecule has 3 heteroatoms. The molecule has 0 bridgehead atoms. The van der Waals surface area contributed by atoms with Gasteiger partial charge in [-0.05, 0) is 50.0 Å². The topological polar surface area (TPSA) is 12.0 Å². The molecule has 0 amide bonds. The lowest BCUT2D eigenvalue weighted by molar-refractivity contribution is 0.619. The van der Waals surface area contributed by atoms with E-state index in [4.69, 9.17) is 11.6 Å². The fraction of sp³-hybridized carbons (Fsp3) is 0.500. The van der Waals surface area contributed by atoms with Gasteiger partial charge in [-0.25, -0.2) is 4.39 Å². The van der Waals surface area contributed by atoms with Crippen LogP contribution in [-0.4, -0.2) is 13.1 Å². The van der Waals surface area contributed by atoms with E-state index in [1.807, 2.05) is 6.07 Å². The van der Waals surface area contributed by atoms with Crippen LogP contribution in [0.2, 0.25) is 5.02 Å². The van der Waals surface area contributed by atoms with Crippen LogP contribution in [0.25, 0.3) is 0 Å². The Labute approximate surface area is 95.6 Å². The van der Waals surface area contributed by atoms with Crippen molar-refractivity contribution in [2.75, 3.05) is 13.1 Å². The van der Waals surface area contributed by atoms with Crippen molar-refractivity contribution < 1.29 is 4.39 Å². The van der Waals surface area contributed by atoms with Crippen molar-refractivity contribution in [1.82, 2.24) is 5.32 Å². The lowest BCUT2D eigenvalue weighted by atomic mass is 10.1. The molecule has 0 atom stereocenters. The first-order valence-electron chi connectivity index (χ1n) is 5.38. The molecule has 0 spiro atoms. The van der Waals surface area contributed by atoms with E-state index < -0.39 is 0 Å². The summed E-state index contributed by atoms with van der Waals surface area (Å²) in [4.78, 5) is 0. The van der Waals surface area contributed by atoms with Gasteiger partial charge in [0.2, 0.25) is 0 Å². The zero-order valence-electron chi connectivity index (χ0n) is 9.02. The Bertz CT molecular complexity index is 302. The van der Waals surface area contributed by atoms with Crippen molar-refractivity contribution in [3.63, 3.8) is 0 Å². The van der Waals surface area contributed by atoms with Gasteiger partial charge >= 0.3 is 0 Å². The van der Waals surface area contributed by atoms with E-state index >= 15 is 0 Å². The van der Waals surface area contributed by atoms with Crippen molar-refractivity contribution in [3.8, 4) is 0 Å². The highest BCUT2D eigenvalue weighted by Crippen LogP contribution is 2.16. The molecular formula is C12H17ClFN. The zero-order chi connectivity index (χ0) is 11.1. The third kappa shape index (κ3) is 4.63. The van der Waals surface area contributed by atoms with Gasteiger partial charge in [-0.3, -0.25) is 0 Å². The second kappa shape index (κ2) is 6.81. The maximum absolute atomic E-state index is 13.1. The maximum Gasteiger partial charge on any atom is 0.142 e. The molecule has 0 aliphatic heterocycles. The van der Waals surface area contributed by atoms with E-state index in [2.05, 4.69) is 12.2 Å². The molecule has 1 aromatic rings. The Balaban J connectivity index is 2.28. The first kappa shape index (κ1) is 12.5. The number of hydrogen-bond acceptors (Lipinski definition) is 1. The van der Waals surface area contributed by atoms with E-state index in [1.165, 1.54) is 6.07 Å². The third-order valence-electron chi connectivity index (χ3n) is 2.30. The summed E-state index contributed by atoms with van der Waals surface area (Å²) in [6.07, 6.45) is 3.12. The first-order valence-corrected chi connectivity index (χ1v) is 5.76. The Morgan fingerprint density at radius 2 is 2.13 bits per heavy atom. The van der Waals surface area contributed by atoms with Gasteiger partial charge in [-0.15, -0.1) is 0 Å². The minimum atomic E-state index is -0.319. The van der Waals surface area contributed by atoms with Gasteiger partial charge in [-0.1, -0.05) is 24.6 Å². The number of aryl methyl sites for hydroxylation is 1. The van der Waals surface area contributed by atoms with Crippen molar-refractivity contribution in [2.45, 2.75) is 26.2 Å². The monoisotopic (exact) mass is 229 g/mol. The van der Waals surface area contributed by atoms with Crippen molar-refractivity contribution >= 4 is 11.6 Å². The second-order valence-electron chi connectivity index (χ2n) is 3.56. The molecular weight excluding hydrogens is 213 g/mol. The van der Waals surface area contributed by atoms with Gasteiger partial charge in [0, 0.05) is 0 Å². The van der Waals surface area contributed by atoms with E-state index in [0.29, 0.717) is 0 Å². The highest BCUT2D eigenvalue weighted by atomic mass is 35.5. The third-order valence-corrected chi connectivity index (χ3v) is 2.61. The van der Waals surface area contributed by atoms with Crippen LogP contribution in [0.5, 0.6) is 0 Å². The number of unbranched alkanes of at least 4 members (excludes halogenated alkanes) is 1. The average Bonchev–Trinajstić information content (AvgIpc) is 2.23. The van der Waals surface area contributed by atoms with Crippen LogP contribution >= 0.6 is 11.6 Å². The smallest absolute Gasteiger partial charge is 0.142 e. The van der Waals surface area contributed by atoms with E-state index in [0.717, 1.165) is 37.9 Å². The van der Waals surface area contributed by atoms with Crippen LogP contribution < -0.4 is 5.32 Å². The summed E-state index contributed by atoms with van der Waals surface area (Å²) < 4.78 is 13.1. The molecule has 1 N–H and O–H groups in total. The van der Waals surface area contributed by atoms with Gasteiger partial charge in [0.1, 0.15) is 5.82 Å². The van der Waals surface area contributed by atoms with E-state index in [-0.39, 0.29) is 10.8 Å². The number of hydrogen-bond donors (Lipinski definition) is 1. The fourth-order valence-electron chi connectivity index (χ4n) is 1.45. The molecule has 0 saturated carbocycles. The molecule has 0 fully saturated rings. The zero-order valence-corrected chi connectivity index (χ0v) is 9.78. The van der Waals surface area contributed by atoms with Crippen LogP contribution in [-0.2, 0) is 6.42 Å². The van der Waals surface area contributed by atoms with Crippen molar-refractivity contribution in [2.24, 2.45) is 0 Å². The molecule has 1 nitrogen and oxygen atoms in total. The number of rotatable bonds is 6. The summed E-state index contributed by atoms with van der Waals surface area (Å²) in [5.74, 6) is -0.319. The highest BCUT2D eigenvalue weighted by molar-refractivity contribution is 6.30. The molecule has 0 radical (unpaired) electrons. The SMILES string of the molecule is CCNCCCCc1ccc(Cl)c(F)c1. The van der Waals surface area contributed by atoms with Crippen LogP contribution in [0, 0.1) is 5.82 Å². The van der Waals surface area contributed by atoms with Crippen LogP contribution in [0.4, 0.5) is 4.39 Å². The Hall–Kier alpha value is -0.600. The lowest BCUT2D eigenvalue weighted by Gasteiger charge is -2.03. The standard InChI is InChI=1S/C12H17ClFN/c1-2-15-8-4-3-5-10-6-7-11(13)12(14)9-10/h6-7,9,15H,2-5,8H2,1H3. The molecule has 0 unspecified atom stereocenters.